The topological polar surface area (TPSA) is 21.1 Å². The van der Waals surface area contributed by atoms with Gasteiger partial charge in [0.25, 0.3) is 0 Å². The van der Waals surface area contributed by atoms with E-state index in [0.717, 1.165) is 41.2 Å². The molecule has 0 radical (unpaired) electrons. The van der Waals surface area contributed by atoms with Crippen molar-refractivity contribution in [2.45, 2.75) is 46.6 Å². The molecule has 1 rings (SSSR count). The molecule has 0 aromatic carbocycles. The van der Waals surface area contributed by atoms with Gasteiger partial charge < -0.3 is 4.90 Å². The van der Waals surface area contributed by atoms with Crippen molar-refractivity contribution in [3.63, 3.8) is 0 Å². The van der Waals surface area contributed by atoms with E-state index in [2.05, 4.69) is 56.6 Å². The van der Waals surface area contributed by atoms with Crippen LogP contribution in [0, 0.1) is 0 Å². The summed E-state index contributed by atoms with van der Waals surface area (Å²) in [5.41, 5.74) is 4.78. The van der Waals surface area contributed by atoms with E-state index in [9.17, 15) is 0 Å². The summed E-state index contributed by atoms with van der Waals surface area (Å²) in [5.74, 6) is 0. The first-order chi connectivity index (χ1) is 9.29. The number of allylic oxidation sites excluding steroid dienone is 2. The standard InChI is InChI=1S/C17H27N3/c1-9-10-16-11-17(15(7)19(8)13(4)5)18-20(16)14(6)12(2)3/h11,13H,2,6-7,9-10H2,1,3-5,8H3. The number of aryl methyl sites for hydroxylation is 1. The molecule has 110 valence electrons. The number of nitrogens with zero attached hydrogens (tertiary/aromatic N) is 3. The van der Waals surface area contributed by atoms with Crippen molar-refractivity contribution in [1.29, 1.82) is 0 Å². The van der Waals surface area contributed by atoms with Crippen LogP contribution in [-0.4, -0.2) is 27.8 Å². The third-order valence-electron chi connectivity index (χ3n) is 3.53. The number of hydrogen-bond acceptors (Lipinski definition) is 2. The maximum absolute atomic E-state index is 4.67. The minimum absolute atomic E-state index is 0.395. The highest BCUT2D eigenvalue weighted by Crippen LogP contribution is 2.22. The highest BCUT2D eigenvalue weighted by atomic mass is 15.3. The molecule has 1 heterocycles. The molecule has 0 unspecified atom stereocenters. The lowest BCUT2D eigenvalue weighted by atomic mass is 10.2. The minimum atomic E-state index is 0.395. The molecule has 0 fully saturated rings. The first-order valence-electron chi connectivity index (χ1n) is 7.15. The molecule has 1 aromatic heterocycles. The fourth-order valence-electron chi connectivity index (χ4n) is 1.90. The fraction of sp³-hybridized carbons (Fsp3) is 0.471. The van der Waals surface area contributed by atoms with Crippen LogP contribution in [0.15, 0.2) is 31.4 Å². The van der Waals surface area contributed by atoms with Crippen LogP contribution in [0.2, 0.25) is 0 Å². The molecule has 0 amide bonds. The monoisotopic (exact) mass is 273 g/mol. The van der Waals surface area contributed by atoms with Crippen LogP contribution < -0.4 is 0 Å². The first kappa shape index (κ1) is 16.3. The lowest BCUT2D eigenvalue weighted by Gasteiger charge is -2.24. The van der Waals surface area contributed by atoms with E-state index in [1.165, 1.54) is 0 Å². The highest BCUT2D eigenvalue weighted by Gasteiger charge is 2.15. The second-order valence-electron chi connectivity index (χ2n) is 5.56. The molecule has 0 spiro atoms. The lowest BCUT2D eigenvalue weighted by molar-refractivity contribution is 0.396. The summed E-state index contributed by atoms with van der Waals surface area (Å²) in [4.78, 5) is 2.13. The Morgan fingerprint density at radius 1 is 1.35 bits per heavy atom. The minimum Gasteiger partial charge on any atom is -0.371 e. The molecule has 0 bridgehead atoms. The molecular weight excluding hydrogens is 246 g/mol. The average molecular weight is 273 g/mol. The fourth-order valence-corrected chi connectivity index (χ4v) is 1.90. The summed E-state index contributed by atoms with van der Waals surface area (Å²) < 4.78 is 1.90. The molecule has 0 atom stereocenters. The van der Waals surface area contributed by atoms with Crippen molar-refractivity contribution in [2.24, 2.45) is 0 Å². The van der Waals surface area contributed by atoms with Crippen molar-refractivity contribution in [2.75, 3.05) is 7.05 Å². The molecule has 1 aromatic rings. The Hall–Kier alpha value is -1.77. The number of hydrogen-bond donors (Lipinski definition) is 0. The Morgan fingerprint density at radius 3 is 2.40 bits per heavy atom. The molecule has 0 saturated heterocycles. The van der Waals surface area contributed by atoms with Crippen molar-refractivity contribution < 1.29 is 0 Å². The smallest absolute Gasteiger partial charge is 0.108 e. The highest BCUT2D eigenvalue weighted by molar-refractivity contribution is 5.64. The largest absolute Gasteiger partial charge is 0.371 e. The van der Waals surface area contributed by atoms with Crippen molar-refractivity contribution in [1.82, 2.24) is 14.7 Å². The summed E-state index contributed by atoms with van der Waals surface area (Å²) in [6.45, 7) is 20.6. The van der Waals surface area contributed by atoms with Crippen LogP contribution in [0.25, 0.3) is 11.4 Å². The van der Waals surface area contributed by atoms with E-state index in [1.54, 1.807) is 0 Å². The lowest BCUT2D eigenvalue weighted by Crippen LogP contribution is -2.24. The second-order valence-corrected chi connectivity index (χ2v) is 5.56. The van der Waals surface area contributed by atoms with Crippen LogP contribution in [0.4, 0.5) is 0 Å². The van der Waals surface area contributed by atoms with Gasteiger partial charge in [0.1, 0.15) is 5.69 Å². The van der Waals surface area contributed by atoms with Crippen LogP contribution in [-0.2, 0) is 6.42 Å². The van der Waals surface area contributed by atoms with Crippen molar-refractivity contribution in [3.8, 4) is 0 Å². The van der Waals surface area contributed by atoms with Gasteiger partial charge in [0, 0.05) is 18.8 Å². The zero-order valence-electron chi connectivity index (χ0n) is 13.5. The quantitative estimate of drug-likeness (QED) is 0.694. The van der Waals surface area contributed by atoms with Gasteiger partial charge in [0.2, 0.25) is 0 Å². The van der Waals surface area contributed by atoms with Crippen LogP contribution >= 0.6 is 0 Å². The first-order valence-corrected chi connectivity index (χ1v) is 7.15. The van der Waals surface area contributed by atoms with Gasteiger partial charge in [-0.2, -0.15) is 5.10 Å². The van der Waals surface area contributed by atoms with Crippen LogP contribution in [0.1, 0.15) is 45.5 Å². The Labute approximate surface area is 123 Å². The Bertz CT molecular complexity index is 520. The van der Waals surface area contributed by atoms with Gasteiger partial charge >= 0.3 is 0 Å². The van der Waals surface area contributed by atoms with E-state index in [0.29, 0.717) is 6.04 Å². The Morgan fingerprint density at radius 2 is 1.95 bits per heavy atom. The average Bonchev–Trinajstić information content (AvgIpc) is 2.80. The van der Waals surface area contributed by atoms with Crippen LogP contribution in [0.5, 0.6) is 0 Å². The van der Waals surface area contributed by atoms with Gasteiger partial charge in [-0.15, -0.1) is 0 Å². The molecule has 0 aliphatic rings. The van der Waals surface area contributed by atoms with E-state index in [-0.39, 0.29) is 0 Å². The SMILES string of the molecule is C=C(C)C(=C)n1nc(C(=C)N(C)C(C)C)cc1CCC. The Balaban J connectivity index is 3.18. The van der Waals surface area contributed by atoms with E-state index < -0.39 is 0 Å². The van der Waals surface area contributed by atoms with Crippen LogP contribution in [0.3, 0.4) is 0 Å². The van der Waals surface area contributed by atoms with E-state index in [1.807, 2.05) is 18.7 Å². The predicted molar refractivity (Wildman–Crippen MR) is 88.3 cm³/mol. The van der Waals surface area contributed by atoms with Gasteiger partial charge in [0.15, 0.2) is 0 Å². The third kappa shape index (κ3) is 3.41. The molecule has 0 aliphatic heterocycles. The summed E-state index contributed by atoms with van der Waals surface area (Å²) in [5, 5.41) is 4.67. The molecule has 3 nitrogen and oxygen atoms in total. The molecule has 0 N–H and O–H groups in total. The molecule has 0 saturated carbocycles. The predicted octanol–water partition coefficient (Wildman–Crippen LogP) is 4.19. The number of aromatic nitrogens is 2. The summed E-state index contributed by atoms with van der Waals surface area (Å²) in [6, 6.07) is 2.50. The van der Waals surface area contributed by atoms with Gasteiger partial charge in [-0.1, -0.05) is 33.1 Å². The van der Waals surface area contributed by atoms with Gasteiger partial charge in [-0.3, -0.25) is 0 Å². The third-order valence-corrected chi connectivity index (χ3v) is 3.53. The molecular formula is C17H27N3. The van der Waals surface area contributed by atoms with Gasteiger partial charge in [0.05, 0.1) is 11.4 Å². The van der Waals surface area contributed by atoms with Gasteiger partial charge in [-0.05, 0) is 38.8 Å². The van der Waals surface area contributed by atoms with Gasteiger partial charge in [-0.25, -0.2) is 4.68 Å². The van der Waals surface area contributed by atoms with Crippen molar-refractivity contribution in [3.05, 3.63) is 42.8 Å². The Kier molecular flexibility index (Phi) is 5.37. The second kappa shape index (κ2) is 6.60. The maximum atomic E-state index is 4.67. The summed E-state index contributed by atoms with van der Waals surface area (Å²) in [6.07, 6.45) is 2.04. The zero-order chi connectivity index (χ0) is 15.4. The molecule has 0 aliphatic carbocycles. The summed E-state index contributed by atoms with van der Waals surface area (Å²) in [7, 11) is 2.04. The number of rotatable bonds is 7. The van der Waals surface area contributed by atoms with Crippen molar-refractivity contribution >= 4 is 11.4 Å². The summed E-state index contributed by atoms with van der Waals surface area (Å²) >= 11 is 0. The molecule has 20 heavy (non-hydrogen) atoms. The maximum Gasteiger partial charge on any atom is 0.108 e. The zero-order valence-corrected chi connectivity index (χ0v) is 13.5. The molecule has 3 heteroatoms. The normalized spacial score (nSPS) is 10.7. The van der Waals surface area contributed by atoms with E-state index in [4.69, 9.17) is 0 Å². The van der Waals surface area contributed by atoms with E-state index >= 15 is 0 Å².